The Morgan fingerprint density at radius 2 is 1.61 bits per heavy atom. The molecule has 0 unspecified atom stereocenters. The van der Waals surface area contributed by atoms with E-state index >= 15 is 0 Å². The fraction of sp³-hybridized carbons (Fsp3) is 0.364. The molecule has 4 atom stereocenters. The summed E-state index contributed by atoms with van der Waals surface area (Å²) in [6.07, 6.45) is -2.99. The van der Waals surface area contributed by atoms with E-state index in [1.165, 1.54) is 11.9 Å². The first-order valence-corrected chi connectivity index (χ1v) is 9.12. The van der Waals surface area contributed by atoms with Gasteiger partial charge >= 0.3 is 5.97 Å². The van der Waals surface area contributed by atoms with E-state index < -0.39 is 36.1 Å². The third kappa shape index (κ3) is 5.16. The molecule has 1 amide bonds. The Morgan fingerprint density at radius 3 is 2.14 bits per heavy atom. The lowest BCUT2D eigenvalue weighted by Crippen LogP contribution is -2.47. The molecule has 5 nitrogen and oxygen atoms in total. The number of carbonyl (C=O) groups is 2. The molecule has 0 heterocycles. The summed E-state index contributed by atoms with van der Waals surface area (Å²) in [5.41, 5.74) is 1.39. The number of nitrogens with zero attached hydrogens (tertiary/aromatic N) is 1. The average Bonchev–Trinajstić information content (AvgIpc) is 2.75. The number of aliphatic hydroxyl groups excluding tert-OH is 1. The van der Waals surface area contributed by atoms with Gasteiger partial charge in [-0.2, -0.15) is 0 Å². The Morgan fingerprint density at radius 1 is 1.07 bits per heavy atom. The predicted octanol–water partition coefficient (Wildman–Crippen LogP) is 2.94. The number of amides is 1. The molecule has 2 aromatic carbocycles. The van der Waals surface area contributed by atoms with Gasteiger partial charge < -0.3 is 14.7 Å². The molecule has 6 heteroatoms. The summed E-state index contributed by atoms with van der Waals surface area (Å²) in [6, 6.07) is 17.2. The van der Waals surface area contributed by atoms with E-state index in [1.807, 2.05) is 12.1 Å². The number of halogens is 1. The first-order chi connectivity index (χ1) is 13.4. The summed E-state index contributed by atoms with van der Waals surface area (Å²) in [5.74, 6) is -2.89. The first kappa shape index (κ1) is 21.6. The van der Waals surface area contributed by atoms with Gasteiger partial charge in [0.15, 0.2) is 0 Å². The lowest BCUT2D eigenvalue weighted by Gasteiger charge is -2.32. The van der Waals surface area contributed by atoms with Gasteiger partial charge in [0.25, 0.3) is 0 Å². The fourth-order valence-corrected chi connectivity index (χ4v) is 3.06. The second-order valence-corrected chi connectivity index (χ2v) is 6.77. The molecule has 2 aromatic rings. The molecule has 150 valence electrons. The smallest absolute Gasteiger partial charge is 0.341 e. The Balaban J connectivity index is 2.23. The van der Waals surface area contributed by atoms with Crippen LogP contribution in [0.3, 0.4) is 0 Å². The molecule has 2 rings (SSSR count). The van der Waals surface area contributed by atoms with Gasteiger partial charge in [-0.15, -0.1) is 0 Å². The van der Waals surface area contributed by atoms with Crippen molar-refractivity contribution in [3.63, 3.8) is 0 Å². The number of hydrogen-bond donors (Lipinski definition) is 1. The summed E-state index contributed by atoms with van der Waals surface area (Å²) in [4.78, 5) is 26.1. The number of esters is 1. The van der Waals surface area contributed by atoms with E-state index in [2.05, 4.69) is 4.74 Å². The van der Waals surface area contributed by atoms with E-state index in [0.717, 1.165) is 12.7 Å². The maximum atomic E-state index is 14.8. The Labute approximate surface area is 164 Å². The van der Waals surface area contributed by atoms with Gasteiger partial charge in [0.05, 0.1) is 25.2 Å². The molecule has 0 fully saturated rings. The molecular formula is C22H26FNO4. The highest BCUT2D eigenvalue weighted by molar-refractivity contribution is 5.87. The van der Waals surface area contributed by atoms with Crippen molar-refractivity contribution in [1.29, 1.82) is 0 Å². The van der Waals surface area contributed by atoms with Gasteiger partial charge in [-0.05, 0) is 24.5 Å². The molecule has 28 heavy (non-hydrogen) atoms. The number of rotatable bonds is 8. The summed E-state index contributed by atoms with van der Waals surface area (Å²) < 4.78 is 19.3. The van der Waals surface area contributed by atoms with Gasteiger partial charge in [-0.25, -0.2) is 9.18 Å². The lowest BCUT2D eigenvalue weighted by atomic mass is 9.92. The van der Waals surface area contributed by atoms with Crippen molar-refractivity contribution in [2.45, 2.75) is 31.7 Å². The maximum Gasteiger partial charge on any atom is 0.341 e. The molecule has 0 aliphatic rings. The summed E-state index contributed by atoms with van der Waals surface area (Å²) in [7, 11) is 2.59. The largest absolute Gasteiger partial charge is 0.467 e. The van der Waals surface area contributed by atoms with Gasteiger partial charge in [-0.1, -0.05) is 60.7 Å². The van der Waals surface area contributed by atoms with Crippen LogP contribution in [-0.2, 0) is 20.7 Å². The topological polar surface area (TPSA) is 66.8 Å². The molecule has 0 aromatic heterocycles. The fourth-order valence-electron chi connectivity index (χ4n) is 3.06. The van der Waals surface area contributed by atoms with Crippen LogP contribution < -0.4 is 0 Å². The van der Waals surface area contributed by atoms with E-state index in [1.54, 1.807) is 55.5 Å². The van der Waals surface area contributed by atoms with Crippen LogP contribution in [0.15, 0.2) is 60.7 Å². The standard InChI is InChI=1S/C22H26FNO4/c1-15(20(25)17-12-8-5-9-13-17)24(2)21(26)18(19(23)22(27)28-3)14-16-10-6-4-7-11-16/h4-13,15,18-20,25H,14H2,1-3H3/t15-,18+,19+,20+/m0/s1. The van der Waals surface area contributed by atoms with Crippen LogP contribution in [0.1, 0.15) is 24.2 Å². The molecular weight excluding hydrogens is 361 g/mol. The lowest BCUT2D eigenvalue weighted by molar-refractivity contribution is -0.155. The van der Waals surface area contributed by atoms with E-state index in [9.17, 15) is 19.1 Å². The number of ether oxygens (including phenoxy) is 1. The van der Waals surface area contributed by atoms with Crippen molar-refractivity contribution in [2.24, 2.45) is 5.92 Å². The number of benzene rings is 2. The second kappa shape index (κ2) is 9.99. The van der Waals surface area contributed by atoms with Gasteiger partial charge in [-0.3, -0.25) is 4.79 Å². The van der Waals surface area contributed by atoms with Gasteiger partial charge in [0.2, 0.25) is 12.1 Å². The van der Waals surface area contributed by atoms with Gasteiger partial charge in [0, 0.05) is 7.05 Å². The normalized spacial score (nSPS) is 15.2. The van der Waals surface area contributed by atoms with Crippen molar-refractivity contribution in [1.82, 2.24) is 4.90 Å². The number of carbonyl (C=O) groups excluding carboxylic acids is 2. The molecule has 0 saturated carbocycles. The van der Waals surface area contributed by atoms with Crippen LogP contribution in [0.2, 0.25) is 0 Å². The van der Waals surface area contributed by atoms with Crippen LogP contribution in [0.5, 0.6) is 0 Å². The first-order valence-electron chi connectivity index (χ1n) is 9.12. The Kier molecular flexibility index (Phi) is 7.70. The van der Waals surface area contributed by atoms with Crippen molar-refractivity contribution in [3.8, 4) is 0 Å². The quantitative estimate of drug-likeness (QED) is 0.708. The van der Waals surface area contributed by atoms with Crippen molar-refractivity contribution >= 4 is 11.9 Å². The Bertz CT molecular complexity index is 769. The molecule has 0 bridgehead atoms. The second-order valence-electron chi connectivity index (χ2n) is 6.77. The van der Waals surface area contributed by atoms with Gasteiger partial charge in [0.1, 0.15) is 0 Å². The highest BCUT2D eigenvalue weighted by Gasteiger charge is 2.38. The van der Waals surface area contributed by atoms with Crippen LogP contribution in [0, 0.1) is 5.92 Å². The van der Waals surface area contributed by atoms with Crippen LogP contribution >= 0.6 is 0 Å². The number of methoxy groups -OCH3 is 1. The highest BCUT2D eigenvalue weighted by Crippen LogP contribution is 2.24. The van der Waals surface area contributed by atoms with Crippen molar-refractivity contribution in [3.05, 3.63) is 71.8 Å². The van der Waals surface area contributed by atoms with E-state index in [4.69, 9.17) is 0 Å². The summed E-state index contributed by atoms with van der Waals surface area (Å²) >= 11 is 0. The number of aliphatic hydroxyl groups is 1. The third-order valence-corrected chi connectivity index (χ3v) is 4.95. The zero-order chi connectivity index (χ0) is 20.7. The SMILES string of the molecule is COC(=O)[C@H](F)[C@@H](Cc1ccccc1)C(=O)N(C)[C@@H](C)[C@@H](O)c1ccccc1. The molecule has 0 radical (unpaired) electrons. The summed E-state index contributed by atoms with van der Waals surface area (Å²) in [6.45, 7) is 1.68. The molecule has 0 saturated heterocycles. The predicted molar refractivity (Wildman–Crippen MR) is 104 cm³/mol. The summed E-state index contributed by atoms with van der Waals surface area (Å²) in [5, 5.41) is 10.6. The molecule has 0 aliphatic carbocycles. The maximum absolute atomic E-state index is 14.8. The Hall–Kier alpha value is -2.73. The molecule has 0 spiro atoms. The number of alkyl halides is 1. The minimum absolute atomic E-state index is 0.0500. The minimum Gasteiger partial charge on any atom is -0.467 e. The molecule has 1 N–H and O–H groups in total. The number of likely N-dealkylation sites (N-methyl/N-ethyl adjacent to an activating group) is 1. The van der Waals surface area contributed by atoms with Crippen LogP contribution in [0.4, 0.5) is 4.39 Å². The van der Waals surface area contributed by atoms with Crippen molar-refractivity contribution in [2.75, 3.05) is 14.2 Å². The van der Waals surface area contributed by atoms with E-state index in [-0.39, 0.29) is 6.42 Å². The zero-order valence-electron chi connectivity index (χ0n) is 16.3. The zero-order valence-corrected chi connectivity index (χ0v) is 16.3. The minimum atomic E-state index is -2.10. The third-order valence-electron chi connectivity index (χ3n) is 4.95. The van der Waals surface area contributed by atoms with E-state index in [0.29, 0.717) is 5.56 Å². The number of hydrogen-bond acceptors (Lipinski definition) is 4. The highest BCUT2D eigenvalue weighted by atomic mass is 19.1. The van der Waals surface area contributed by atoms with Crippen LogP contribution in [0.25, 0.3) is 0 Å². The monoisotopic (exact) mass is 387 g/mol. The van der Waals surface area contributed by atoms with Crippen molar-refractivity contribution < 1.29 is 23.8 Å². The van der Waals surface area contributed by atoms with Crippen LogP contribution in [-0.4, -0.2) is 48.3 Å². The molecule has 0 aliphatic heterocycles. The average molecular weight is 387 g/mol.